The van der Waals surface area contributed by atoms with E-state index in [1.54, 1.807) is 6.07 Å². The molecule has 0 unspecified atom stereocenters. The zero-order valence-electron chi connectivity index (χ0n) is 10.8. The maximum absolute atomic E-state index is 11.6. The van der Waals surface area contributed by atoms with Gasteiger partial charge in [-0.25, -0.2) is 4.79 Å². The monoisotopic (exact) mass is 286 g/mol. The van der Waals surface area contributed by atoms with Crippen LogP contribution < -0.4 is 10.6 Å². The number of methoxy groups -OCH3 is 1. The Labute approximate surface area is 117 Å². The van der Waals surface area contributed by atoms with Gasteiger partial charge < -0.3 is 15.4 Å². The lowest BCUT2D eigenvalue weighted by Crippen LogP contribution is -2.29. The Morgan fingerprint density at radius 2 is 2.28 bits per heavy atom. The summed E-state index contributed by atoms with van der Waals surface area (Å²) in [5, 5.41) is 7.41. The minimum absolute atomic E-state index is 0.349. The third kappa shape index (κ3) is 4.27. The maximum Gasteiger partial charge on any atom is 0.340 e. The Hall–Kier alpha value is -1.14. The number of nitrogens with one attached hydrogen (secondary N) is 2. The number of hydrogen-bond donors (Lipinski definition) is 2. The van der Waals surface area contributed by atoms with Crippen LogP contribution in [-0.4, -0.2) is 24.7 Å². The van der Waals surface area contributed by atoms with Gasteiger partial charge in [0.05, 0.1) is 12.7 Å². The number of rotatable bonds is 5. The van der Waals surface area contributed by atoms with E-state index in [9.17, 15) is 4.79 Å². The molecule has 0 spiro atoms. The van der Waals surface area contributed by atoms with Crippen LogP contribution >= 0.6 is 23.6 Å². The first kappa shape index (κ1) is 14.9. The number of aryl methyl sites for hydroxylation is 1. The second kappa shape index (κ2) is 7.33. The van der Waals surface area contributed by atoms with Crippen LogP contribution in [0.2, 0.25) is 0 Å². The Morgan fingerprint density at radius 3 is 2.89 bits per heavy atom. The third-order valence-electron chi connectivity index (χ3n) is 2.30. The number of ether oxygens (including phenoxy) is 1. The SMILES string of the molecule is CCCCNC(=S)Nc1sc(C)cc1C(=O)OC. The van der Waals surface area contributed by atoms with E-state index < -0.39 is 0 Å². The summed E-state index contributed by atoms with van der Waals surface area (Å²) in [5.41, 5.74) is 0.527. The molecule has 1 aromatic rings. The van der Waals surface area contributed by atoms with Crippen molar-refractivity contribution in [2.24, 2.45) is 0 Å². The van der Waals surface area contributed by atoms with Crippen LogP contribution in [0.15, 0.2) is 6.07 Å². The van der Waals surface area contributed by atoms with Gasteiger partial charge in [0.15, 0.2) is 5.11 Å². The number of thiophene rings is 1. The van der Waals surface area contributed by atoms with Gasteiger partial charge in [0.1, 0.15) is 5.00 Å². The van der Waals surface area contributed by atoms with Crippen LogP contribution in [0.25, 0.3) is 0 Å². The molecular weight excluding hydrogens is 268 g/mol. The van der Waals surface area contributed by atoms with E-state index in [0.717, 1.165) is 29.3 Å². The molecular formula is C12H18N2O2S2. The van der Waals surface area contributed by atoms with Crippen LogP contribution in [0.1, 0.15) is 35.0 Å². The molecule has 0 radical (unpaired) electrons. The van der Waals surface area contributed by atoms with Gasteiger partial charge in [0.25, 0.3) is 0 Å². The van der Waals surface area contributed by atoms with E-state index in [2.05, 4.69) is 17.6 Å². The maximum atomic E-state index is 11.6. The lowest BCUT2D eigenvalue weighted by Gasteiger charge is -2.09. The quantitative estimate of drug-likeness (QED) is 0.495. The predicted molar refractivity (Wildman–Crippen MR) is 79.5 cm³/mol. The van der Waals surface area contributed by atoms with Crippen molar-refractivity contribution in [1.29, 1.82) is 0 Å². The van der Waals surface area contributed by atoms with Gasteiger partial charge in [0, 0.05) is 11.4 Å². The van der Waals surface area contributed by atoms with Gasteiger partial charge >= 0.3 is 5.97 Å². The fourth-order valence-electron chi connectivity index (χ4n) is 1.39. The van der Waals surface area contributed by atoms with Crippen molar-refractivity contribution in [2.75, 3.05) is 19.0 Å². The average molecular weight is 286 g/mol. The standard InChI is InChI=1S/C12H18N2O2S2/c1-4-5-6-13-12(17)14-10-9(11(15)16-3)7-8(2)18-10/h7H,4-6H2,1-3H3,(H2,13,14,17). The summed E-state index contributed by atoms with van der Waals surface area (Å²) < 4.78 is 4.73. The van der Waals surface area contributed by atoms with Crippen LogP contribution in [0.4, 0.5) is 5.00 Å². The molecule has 18 heavy (non-hydrogen) atoms. The summed E-state index contributed by atoms with van der Waals surface area (Å²) in [5.74, 6) is -0.349. The summed E-state index contributed by atoms with van der Waals surface area (Å²) >= 11 is 6.66. The van der Waals surface area contributed by atoms with Crippen LogP contribution in [0, 0.1) is 6.92 Å². The summed E-state index contributed by atoms with van der Waals surface area (Å²) in [7, 11) is 1.37. The molecule has 0 aliphatic carbocycles. The number of unbranched alkanes of at least 4 members (excludes halogenated alkanes) is 1. The molecule has 1 rings (SSSR count). The number of esters is 1. The molecule has 100 valence electrons. The van der Waals surface area contributed by atoms with Crippen molar-refractivity contribution >= 4 is 39.6 Å². The predicted octanol–water partition coefficient (Wildman–Crippen LogP) is 2.93. The third-order valence-corrected chi connectivity index (χ3v) is 3.52. The van der Waals surface area contributed by atoms with E-state index in [4.69, 9.17) is 17.0 Å². The minimum atomic E-state index is -0.349. The summed E-state index contributed by atoms with van der Waals surface area (Å²) in [4.78, 5) is 12.6. The molecule has 6 heteroatoms. The number of thiocarbonyl (C=S) groups is 1. The number of anilines is 1. The van der Waals surface area contributed by atoms with E-state index in [1.807, 2.05) is 6.92 Å². The number of carbonyl (C=O) groups excluding carboxylic acids is 1. The largest absolute Gasteiger partial charge is 0.465 e. The van der Waals surface area contributed by atoms with E-state index in [1.165, 1.54) is 18.4 Å². The first-order valence-electron chi connectivity index (χ1n) is 5.82. The fraction of sp³-hybridized carbons (Fsp3) is 0.500. The molecule has 0 saturated heterocycles. The summed E-state index contributed by atoms with van der Waals surface area (Å²) in [6.07, 6.45) is 2.18. The van der Waals surface area contributed by atoms with E-state index in [0.29, 0.717) is 10.7 Å². The van der Waals surface area contributed by atoms with E-state index >= 15 is 0 Å². The Kier molecular flexibility index (Phi) is 6.07. The lowest BCUT2D eigenvalue weighted by molar-refractivity contribution is 0.0602. The molecule has 0 amide bonds. The highest BCUT2D eigenvalue weighted by molar-refractivity contribution is 7.80. The first-order valence-corrected chi connectivity index (χ1v) is 7.04. The fourth-order valence-corrected chi connectivity index (χ4v) is 2.57. The zero-order chi connectivity index (χ0) is 13.5. The Morgan fingerprint density at radius 1 is 1.56 bits per heavy atom. The van der Waals surface area contributed by atoms with Crippen molar-refractivity contribution in [2.45, 2.75) is 26.7 Å². The lowest BCUT2D eigenvalue weighted by atomic mass is 10.3. The van der Waals surface area contributed by atoms with Crippen molar-refractivity contribution in [3.8, 4) is 0 Å². The molecule has 2 N–H and O–H groups in total. The Bertz CT molecular complexity index is 430. The molecule has 0 aliphatic heterocycles. The zero-order valence-corrected chi connectivity index (χ0v) is 12.5. The molecule has 0 aliphatic rings. The van der Waals surface area contributed by atoms with Gasteiger partial charge in [-0.05, 0) is 31.6 Å². The average Bonchev–Trinajstić information content (AvgIpc) is 2.69. The summed E-state index contributed by atoms with van der Waals surface area (Å²) in [6.45, 7) is 4.90. The Balaban J connectivity index is 2.66. The molecule has 0 atom stereocenters. The number of hydrogen-bond acceptors (Lipinski definition) is 4. The molecule has 4 nitrogen and oxygen atoms in total. The highest BCUT2D eigenvalue weighted by Crippen LogP contribution is 2.28. The normalized spacial score (nSPS) is 9.94. The van der Waals surface area contributed by atoms with Gasteiger partial charge in [0.2, 0.25) is 0 Å². The van der Waals surface area contributed by atoms with Crippen LogP contribution in [0.3, 0.4) is 0 Å². The van der Waals surface area contributed by atoms with Gasteiger partial charge in [-0.2, -0.15) is 0 Å². The second-order valence-corrected chi connectivity index (χ2v) is 5.49. The summed E-state index contributed by atoms with van der Waals surface area (Å²) in [6, 6.07) is 1.80. The van der Waals surface area contributed by atoms with Crippen molar-refractivity contribution in [3.05, 3.63) is 16.5 Å². The molecule has 0 saturated carbocycles. The molecule has 0 bridgehead atoms. The van der Waals surface area contributed by atoms with E-state index in [-0.39, 0.29) is 5.97 Å². The van der Waals surface area contributed by atoms with Gasteiger partial charge in [-0.1, -0.05) is 13.3 Å². The van der Waals surface area contributed by atoms with Crippen LogP contribution in [0.5, 0.6) is 0 Å². The molecule has 0 aromatic carbocycles. The van der Waals surface area contributed by atoms with Crippen molar-refractivity contribution in [1.82, 2.24) is 5.32 Å². The van der Waals surface area contributed by atoms with Gasteiger partial charge in [-0.3, -0.25) is 0 Å². The van der Waals surface area contributed by atoms with Crippen molar-refractivity contribution in [3.63, 3.8) is 0 Å². The topological polar surface area (TPSA) is 50.4 Å². The van der Waals surface area contributed by atoms with Gasteiger partial charge in [-0.15, -0.1) is 11.3 Å². The van der Waals surface area contributed by atoms with Crippen molar-refractivity contribution < 1.29 is 9.53 Å². The highest BCUT2D eigenvalue weighted by Gasteiger charge is 2.15. The number of carbonyl (C=O) groups is 1. The molecule has 0 fully saturated rings. The van der Waals surface area contributed by atoms with Crippen LogP contribution in [-0.2, 0) is 4.74 Å². The smallest absolute Gasteiger partial charge is 0.340 e. The highest BCUT2D eigenvalue weighted by atomic mass is 32.1. The molecule has 1 heterocycles. The minimum Gasteiger partial charge on any atom is -0.465 e. The molecule has 1 aromatic heterocycles. The second-order valence-electron chi connectivity index (χ2n) is 3.83. The first-order chi connectivity index (χ1) is 8.58.